The number of ether oxygens (including phenoxy) is 1. The SMILES string of the molecule is Cc1ccc(S(=O)(=O)N[C@H](CC(=O)N/N=C\c2ccc(OCc3c(C)cc(C)cc3C)cc2)c2ccccc2)cc1. The van der Waals surface area contributed by atoms with Crippen LogP contribution in [-0.2, 0) is 21.4 Å². The van der Waals surface area contributed by atoms with Gasteiger partial charge in [0.15, 0.2) is 0 Å². The first kappa shape index (κ1) is 29.7. The van der Waals surface area contributed by atoms with E-state index in [0.29, 0.717) is 12.2 Å². The zero-order chi connectivity index (χ0) is 29.4. The van der Waals surface area contributed by atoms with Crippen molar-refractivity contribution >= 4 is 22.1 Å². The topological polar surface area (TPSA) is 96.9 Å². The van der Waals surface area contributed by atoms with Gasteiger partial charge in [-0.3, -0.25) is 4.79 Å². The zero-order valence-corrected chi connectivity index (χ0v) is 24.5. The second-order valence-corrected chi connectivity index (χ2v) is 11.8. The van der Waals surface area contributed by atoms with E-state index in [1.165, 1.54) is 28.5 Å². The molecule has 0 aliphatic carbocycles. The molecule has 41 heavy (non-hydrogen) atoms. The second kappa shape index (κ2) is 13.4. The summed E-state index contributed by atoms with van der Waals surface area (Å²) in [5.74, 6) is 0.308. The fourth-order valence-electron chi connectivity index (χ4n) is 4.54. The van der Waals surface area contributed by atoms with E-state index in [-0.39, 0.29) is 11.3 Å². The summed E-state index contributed by atoms with van der Waals surface area (Å²) in [6, 6.07) is 26.5. The van der Waals surface area contributed by atoms with Crippen LogP contribution in [0.2, 0.25) is 0 Å². The number of rotatable bonds is 11. The van der Waals surface area contributed by atoms with Crippen molar-refractivity contribution in [3.63, 3.8) is 0 Å². The molecular weight excluding hydrogens is 534 g/mol. The first-order valence-electron chi connectivity index (χ1n) is 13.4. The molecule has 0 fully saturated rings. The second-order valence-electron chi connectivity index (χ2n) is 10.1. The van der Waals surface area contributed by atoms with Crippen LogP contribution in [0.5, 0.6) is 5.75 Å². The van der Waals surface area contributed by atoms with E-state index in [2.05, 4.69) is 48.2 Å². The van der Waals surface area contributed by atoms with Crippen LogP contribution in [0.15, 0.2) is 101 Å². The highest BCUT2D eigenvalue weighted by Gasteiger charge is 2.23. The lowest BCUT2D eigenvalue weighted by Crippen LogP contribution is -2.32. The summed E-state index contributed by atoms with van der Waals surface area (Å²) in [5, 5.41) is 4.06. The number of sulfonamides is 1. The van der Waals surface area contributed by atoms with Crippen molar-refractivity contribution in [2.45, 2.75) is 51.7 Å². The summed E-state index contributed by atoms with van der Waals surface area (Å²) in [7, 11) is -3.85. The smallest absolute Gasteiger partial charge is 0.242 e. The van der Waals surface area contributed by atoms with Crippen molar-refractivity contribution in [1.82, 2.24) is 10.1 Å². The molecular formula is C33H35N3O4S. The van der Waals surface area contributed by atoms with Crippen LogP contribution in [0.25, 0.3) is 0 Å². The third-order valence-electron chi connectivity index (χ3n) is 6.73. The number of nitrogens with one attached hydrogen (secondary N) is 2. The quantitative estimate of drug-likeness (QED) is 0.170. The minimum atomic E-state index is -3.85. The molecule has 0 aliphatic rings. The van der Waals surface area contributed by atoms with E-state index in [4.69, 9.17) is 4.74 Å². The van der Waals surface area contributed by atoms with E-state index >= 15 is 0 Å². The highest BCUT2D eigenvalue weighted by molar-refractivity contribution is 7.89. The number of hydrazone groups is 1. The molecule has 0 aromatic heterocycles. The highest BCUT2D eigenvalue weighted by Crippen LogP contribution is 2.22. The molecule has 0 unspecified atom stereocenters. The Hall–Kier alpha value is -4.27. The van der Waals surface area contributed by atoms with Gasteiger partial charge < -0.3 is 4.74 Å². The van der Waals surface area contributed by atoms with E-state index in [1.807, 2.05) is 37.3 Å². The van der Waals surface area contributed by atoms with Gasteiger partial charge in [0, 0.05) is 6.42 Å². The van der Waals surface area contributed by atoms with E-state index in [1.54, 1.807) is 48.5 Å². The number of nitrogens with zero attached hydrogens (tertiary/aromatic N) is 1. The van der Waals surface area contributed by atoms with Crippen molar-refractivity contribution in [3.8, 4) is 5.75 Å². The largest absolute Gasteiger partial charge is 0.489 e. The van der Waals surface area contributed by atoms with Gasteiger partial charge in [0.25, 0.3) is 0 Å². The molecule has 0 heterocycles. The summed E-state index contributed by atoms with van der Waals surface area (Å²) < 4.78 is 34.7. The Balaban J connectivity index is 1.35. The Labute approximate surface area is 242 Å². The summed E-state index contributed by atoms with van der Waals surface area (Å²) in [6.45, 7) is 8.64. The standard InChI is InChI=1S/C33H35N3O4S/c1-23-10-16-30(17-11-23)41(38,39)36-32(28-8-6-5-7-9-28)20-33(37)35-34-21-27-12-14-29(15-13-27)40-22-31-25(3)18-24(2)19-26(31)4/h5-19,21,32,36H,20,22H2,1-4H3,(H,35,37)/b34-21-/t32-/m1/s1. The third kappa shape index (κ3) is 8.36. The molecule has 1 atom stereocenters. The van der Waals surface area contributed by atoms with Crippen LogP contribution in [0.4, 0.5) is 0 Å². The Kier molecular flexibility index (Phi) is 9.70. The molecule has 0 saturated heterocycles. The van der Waals surface area contributed by atoms with Crippen molar-refractivity contribution < 1.29 is 17.9 Å². The molecule has 4 rings (SSSR count). The van der Waals surface area contributed by atoms with Gasteiger partial charge in [-0.1, -0.05) is 65.7 Å². The lowest BCUT2D eigenvalue weighted by atomic mass is 10.0. The van der Waals surface area contributed by atoms with Gasteiger partial charge in [-0.05, 0) is 91.9 Å². The molecule has 0 radical (unpaired) electrons. The summed E-state index contributed by atoms with van der Waals surface area (Å²) in [5.41, 5.74) is 9.74. The molecule has 2 N–H and O–H groups in total. The Bertz CT molecular complexity index is 1590. The van der Waals surface area contributed by atoms with Gasteiger partial charge in [0.05, 0.1) is 17.2 Å². The molecule has 0 spiro atoms. The minimum Gasteiger partial charge on any atom is -0.489 e. The molecule has 7 nitrogen and oxygen atoms in total. The van der Waals surface area contributed by atoms with Gasteiger partial charge in [0.2, 0.25) is 15.9 Å². The lowest BCUT2D eigenvalue weighted by Gasteiger charge is -2.18. The van der Waals surface area contributed by atoms with Gasteiger partial charge >= 0.3 is 0 Å². The number of aryl methyl sites for hydroxylation is 4. The normalized spacial score (nSPS) is 12.3. The predicted molar refractivity (Wildman–Crippen MR) is 162 cm³/mol. The van der Waals surface area contributed by atoms with Gasteiger partial charge in [-0.15, -0.1) is 0 Å². The van der Waals surface area contributed by atoms with Crippen molar-refractivity contribution in [2.24, 2.45) is 5.10 Å². The van der Waals surface area contributed by atoms with Crippen LogP contribution in [0.1, 0.15) is 51.4 Å². The van der Waals surface area contributed by atoms with E-state index in [0.717, 1.165) is 16.9 Å². The Morgan fingerprint density at radius 3 is 2.12 bits per heavy atom. The fraction of sp³-hybridized carbons (Fsp3) is 0.212. The molecule has 1 amide bonds. The van der Waals surface area contributed by atoms with Gasteiger partial charge in [0.1, 0.15) is 12.4 Å². The number of hydrogen-bond donors (Lipinski definition) is 2. The third-order valence-corrected chi connectivity index (χ3v) is 8.21. The number of benzene rings is 4. The molecule has 4 aromatic carbocycles. The molecule has 8 heteroatoms. The Morgan fingerprint density at radius 2 is 1.49 bits per heavy atom. The highest BCUT2D eigenvalue weighted by atomic mass is 32.2. The molecule has 0 saturated carbocycles. The number of carbonyl (C=O) groups is 1. The minimum absolute atomic E-state index is 0.128. The van der Waals surface area contributed by atoms with Crippen LogP contribution < -0.4 is 14.9 Å². The Morgan fingerprint density at radius 1 is 0.854 bits per heavy atom. The summed E-state index contributed by atoms with van der Waals surface area (Å²) in [6.07, 6.45) is 1.40. The molecule has 212 valence electrons. The zero-order valence-electron chi connectivity index (χ0n) is 23.7. The molecule has 0 aliphatic heterocycles. The van der Waals surface area contributed by atoms with Crippen LogP contribution in [0, 0.1) is 27.7 Å². The average Bonchev–Trinajstić information content (AvgIpc) is 2.93. The first-order chi connectivity index (χ1) is 19.6. The van der Waals surface area contributed by atoms with E-state index < -0.39 is 22.0 Å². The van der Waals surface area contributed by atoms with Crippen LogP contribution in [-0.4, -0.2) is 20.5 Å². The number of hydrogen-bond acceptors (Lipinski definition) is 5. The number of carbonyl (C=O) groups excluding carboxylic acids is 1. The predicted octanol–water partition coefficient (Wildman–Crippen LogP) is 6.06. The maximum absolute atomic E-state index is 13.0. The van der Waals surface area contributed by atoms with Crippen LogP contribution >= 0.6 is 0 Å². The van der Waals surface area contributed by atoms with Crippen molar-refractivity contribution in [1.29, 1.82) is 0 Å². The fourth-order valence-corrected chi connectivity index (χ4v) is 5.76. The maximum atomic E-state index is 13.0. The number of amides is 1. The van der Waals surface area contributed by atoms with Gasteiger partial charge in [-0.2, -0.15) is 5.10 Å². The molecule has 4 aromatic rings. The van der Waals surface area contributed by atoms with Gasteiger partial charge in [-0.25, -0.2) is 18.6 Å². The monoisotopic (exact) mass is 569 g/mol. The van der Waals surface area contributed by atoms with E-state index in [9.17, 15) is 13.2 Å². The first-order valence-corrected chi connectivity index (χ1v) is 14.8. The molecule has 0 bridgehead atoms. The van der Waals surface area contributed by atoms with Crippen molar-refractivity contribution in [2.75, 3.05) is 0 Å². The summed E-state index contributed by atoms with van der Waals surface area (Å²) >= 11 is 0. The van der Waals surface area contributed by atoms with Crippen LogP contribution in [0.3, 0.4) is 0 Å². The lowest BCUT2D eigenvalue weighted by molar-refractivity contribution is -0.121. The summed E-state index contributed by atoms with van der Waals surface area (Å²) in [4.78, 5) is 12.9. The van der Waals surface area contributed by atoms with Crippen molar-refractivity contribution in [3.05, 3.63) is 130 Å². The maximum Gasteiger partial charge on any atom is 0.242 e. The average molecular weight is 570 g/mol.